The summed E-state index contributed by atoms with van der Waals surface area (Å²) in [4.78, 5) is 10.6. The van der Waals surface area contributed by atoms with Gasteiger partial charge >= 0.3 is 0 Å². The van der Waals surface area contributed by atoms with Crippen molar-refractivity contribution < 1.29 is 0 Å². The largest absolute Gasteiger partial charge is 0.383 e. The molecular formula is C55H44N6. The minimum atomic E-state index is 0.454. The van der Waals surface area contributed by atoms with Crippen molar-refractivity contribution in [1.29, 1.82) is 0 Å². The second kappa shape index (κ2) is 16.0. The Morgan fingerprint density at radius 3 is 2.00 bits per heavy atom. The molecular weight excluding hydrogens is 745 g/mol. The highest BCUT2D eigenvalue weighted by atomic mass is 15.2. The van der Waals surface area contributed by atoms with Gasteiger partial charge in [0.1, 0.15) is 17.2 Å². The van der Waals surface area contributed by atoms with E-state index in [2.05, 4.69) is 197 Å². The molecule has 0 bridgehead atoms. The molecule has 3 aromatic heterocycles. The summed E-state index contributed by atoms with van der Waals surface area (Å²) in [6, 6.07) is 63.4. The summed E-state index contributed by atoms with van der Waals surface area (Å²) in [7, 11) is 0. The zero-order valence-electron chi connectivity index (χ0n) is 34.2. The maximum Gasteiger partial charge on any atom is 0.165 e. The zero-order valence-corrected chi connectivity index (χ0v) is 34.2. The molecule has 0 aliphatic heterocycles. The first-order chi connectivity index (χ1) is 30.1. The van der Waals surface area contributed by atoms with Gasteiger partial charge in [-0.25, -0.2) is 9.98 Å². The molecule has 0 saturated heterocycles. The molecule has 2 N–H and O–H groups in total. The van der Waals surface area contributed by atoms with Crippen LogP contribution in [0, 0.1) is 0 Å². The Labute approximate surface area is 355 Å². The number of hydrogen-bond donors (Lipinski definition) is 1. The van der Waals surface area contributed by atoms with E-state index in [1.807, 2.05) is 36.4 Å². The fourth-order valence-corrected chi connectivity index (χ4v) is 8.65. The molecule has 0 spiro atoms. The summed E-state index contributed by atoms with van der Waals surface area (Å²) in [6.07, 6.45) is 9.31. The Morgan fingerprint density at radius 2 is 1.26 bits per heavy atom. The third-order valence-corrected chi connectivity index (χ3v) is 11.4. The van der Waals surface area contributed by atoms with E-state index in [4.69, 9.17) is 15.7 Å². The molecule has 0 saturated carbocycles. The lowest BCUT2D eigenvalue weighted by molar-refractivity contribution is 1.12. The van der Waals surface area contributed by atoms with Crippen LogP contribution in [0.3, 0.4) is 0 Å². The molecule has 0 fully saturated rings. The first kappa shape index (κ1) is 37.3. The molecule has 3 heterocycles. The van der Waals surface area contributed by atoms with E-state index in [9.17, 15) is 0 Å². The molecule has 6 heteroatoms. The monoisotopic (exact) mass is 788 g/mol. The number of allylic oxidation sites excluding steroid dienone is 5. The molecule has 0 atom stereocenters. The highest BCUT2D eigenvalue weighted by Gasteiger charge is 2.26. The Balaban J connectivity index is 1.21. The quantitative estimate of drug-likeness (QED) is 0.0852. The lowest BCUT2D eigenvalue weighted by Crippen LogP contribution is -2.14. The third-order valence-electron chi connectivity index (χ3n) is 11.4. The fraction of sp³-hybridized carbons (Fsp3) is 0.0545. The van der Waals surface area contributed by atoms with E-state index in [-0.39, 0.29) is 0 Å². The maximum atomic E-state index is 6.94. The number of fused-ring (bicyclic) bond motifs is 7. The number of hydrogen-bond acceptors (Lipinski definition) is 2. The fourth-order valence-electron chi connectivity index (χ4n) is 8.65. The molecule has 6 nitrogen and oxygen atoms in total. The smallest absolute Gasteiger partial charge is 0.165 e. The number of para-hydroxylation sites is 2. The van der Waals surface area contributed by atoms with Crippen molar-refractivity contribution in [2.75, 3.05) is 0 Å². The highest BCUT2D eigenvalue weighted by molar-refractivity contribution is 6.26. The zero-order chi connectivity index (χ0) is 41.3. The SMILES string of the molecule is C/C=C\C(=C/C)n1c(-c2ccccc2)nc2c1c1ccc3c(c4ccccc4n3-c3cccc(C(N)=N/C(=C\Cc4ccccc4)c4ccccc4)c3)c1n2-c1ccccc1. The van der Waals surface area contributed by atoms with Gasteiger partial charge in [-0.1, -0.05) is 158 Å². The predicted octanol–water partition coefficient (Wildman–Crippen LogP) is 13.2. The molecule has 10 aromatic rings. The Bertz CT molecular complexity index is 3330. The van der Waals surface area contributed by atoms with Gasteiger partial charge in [-0.15, -0.1) is 0 Å². The van der Waals surface area contributed by atoms with Crippen LogP contribution in [-0.4, -0.2) is 24.5 Å². The van der Waals surface area contributed by atoms with E-state index in [1.165, 1.54) is 5.56 Å². The van der Waals surface area contributed by atoms with Crippen LogP contribution < -0.4 is 5.73 Å². The van der Waals surface area contributed by atoms with Crippen molar-refractivity contribution in [3.8, 4) is 22.8 Å². The van der Waals surface area contributed by atoms with E-state index >= 15 is 0 Å². The lowest BCUT2D eigenvalue weighted by Gasteiger charge is -2.12. The van der Waals surface area contributed by atoms with Crippen LogP contribution in [0.25, 0.3) is 78.0 Å². The minimum Gasteiger partial charge on any atom is -0.383 e. The minimum absolute atomic E-state index is 0.454. The molecule has 294 valence electrons. The molecule has 7 aromatic carbocycles. The van der Waals surface area contributed by atoms with Crippen LogP contribution in [0.2, 0.25) is 0 Å². The van der Waals surface area contributed by atoms with Gasteiger partial charge in [-0.3, -0.25) is 9.13 Å². The number of amidine groups is 1. The number of aliphatic imine (C=N–C) groups is 1. The van der Waals surface area contributed by atoms with Gasteiger partial charge in [0.05, 0.1) is 22.2 Å². The number of imidazole rings is 1. The summed E-state index contributed by atoms with van der Waals surface area (Å²) in [5.41, 5.74) is 20.3. The third kappa shape index (κ3) is 6.64. The van der Waals surface area contributed by atoms with Gasteiger partial charge in [0.25, 0.3) is 0 Å². The first-order valence-corrected chi connectivity index (χ1v) is 20.8. The van der Waals surface area contributed by atoms with Crippen molar-refractivity contribution in [3.63, 3.8) is 0 Å². The van der Waals surface area contributed by atoms with Crippen molar-refractivity contribution in [3.05, 3.63) is 223 Å². The molecule has 0 amide bonds. The van der Waals surface area contributed by atoms with Gasteiger partial charge in [-0.2, -0.15) is 0 Å². The summed E-state index contributed by atoms with van der Waals surface area (Å²) >= 11 is 0. The van der Waals surface area contributed by atoms with Gasteiger partial charge in [0.15, 0.2) is 5.65 Å². The van der Waals surface area contributed by atoms with Crippen molar-refractivity contribution in [1.82, 2.24) is 18.7 Å². The average molecular weight is 789 g/mol. The molecule has 0 aliphatic carbocycles. The summed E-state index contributed by atoms with van der Waals surface area (Å²) in [6.45, 7) is 4.15. The van der Waals surface area contributed by atoms with Crippen LogP contribution >= 0.6 is 0 Å². The average Bonchev–Trinajstić information content (AvgIpc) is 3.98. The van der Waals surface area contributed by atoms with Crippen LogP contribution in [0.5, 0.6) is 0 Å². The summed E-state index contributed by atoms with van der Waals surface area (Å²) in [5, 5.41) is 3.42. The van der Waals surface area contributed by atoms with Gasteiger partial charge in [0, 0.05) is 44.4 Å². The number of benzene rings is 7. The van der Waals surface area contributed by atoms with Crippen molar-refractivity contribution >= 4 is 61.1 Å². The van der Waals surface area contributed by atoms with E-state index in [0.29, 0.717) is 5.84 Å². The number of rotatable bonds is 10. The standard InChI is InChI=1S/C55H44N6/c1-3-20-42(4-2)60-52-46-34-36-49-50(51(46)61(43-28-15-8-16-29-43)55(52)58-54(60)40-25-13-7-14-26-40)45-31-17-18-32-48(45)59(49)44-30-19-27-41(37-44)53(56)57-47(39-23-11-6-12-24-39)35-33-38-21-9-5-10-22-38/h3-32,34-37H,33H2,1-2H3,(H2,56,57)/b20-3-,42-4+,47-35-. The molecule has 0 radical (unpaired) electrons. The molecule has 61 heavy (non-hydrogen) atoms. The highest BCUT2D eigenvalue weighted by Crippen LogP contribution is 2.44. The van der Waals surface area contributed by atoms with E-state index in [1.54, 1.807) is 0 Å². The summed E-state index contributed by atoms with van der Waals surface area (Å²) in [5.74, 6) is 1.35. The summed E-state index contributed by atoms with van der Waals surface area (Å²) < 4.78 is 7.02. The van der Waals surface area contributed by atoms with Gasteiger partial charge in [-0.05, 0) is 79.9 Å². The second-order valence-electron chi connectivity index (χ2n) is 15.1. The first-order valence-electron chi connectivity index (χ1n) is 20.8. The maximum absolute atomic E-state index is 6.94. The second-order valence-corrected chi connectivity index (χ2v) is 15.1. The van der Waals surface area contributed by atoms with Crippen LogP contribution in [-0.2, 0) is 6.42 Å². The number of aromatic nitrogens is 4. The Hall–Kier alpha value is -7.96. The van der Waals surface area contributed by atoms with Crippen molar-refractivity contribution in [2.24, 2.45) is 10.7 Å². The van der Waals surface area contributed by atoms with Crippen LogP contribution in [0.4, 0.5) is 0 Å². The number of nitrogens with zero attached hydrogens (tertiary/aromatic N) is 5. The van der Waals surface area contributed by atoms with Gasteiger partial charge in [0.2, 0.25) is 0 Å². The Morgan fingerprint density at radius 1 is 0.607 bits per heavy atom. The molecule has 10 rings (SSSR count). The van der Waals surface area contributed by atoms with Gasteiger partial charge < -0.3 is 10.3 Å². The topological polar surface area (TPSA) is 66.1 Å². The lowest BCUT2D eigenvalue weighted by atomic mass is 10.1. The van der Waals surface area contributed by atoms with E-state index in [0.717, 1.165) is 95.6 Å². The normalized spacial score (nSPS) is 12.8. The number of nitrogens with two attached hydrogens (primary N) is 1. The van der Waals surface area contributed by atoms with Crippen molar-refractivity contribution in [2.45, 2.75) is 20.3 Å². The van der Waals surface area contributed by atoms with Crippen LogP contribution in [0.15, 0.2) is 211 Å². The molecule has 0 aliphatic rings. The molecule has 0 unspecified atom stereocenters. The predicted molar refractivity (Wildman–Crippen MR) is 256 cm³/mol. The Kier molecular flexibility index (Phi) is 9.79. The van der Waals surface area contributed by atoms with E-state index < -0.39 is 0 Å². The van der Waals surface area contributed by atoms with Crippen LogP contribution in [0.1, 0.15) is 30.5 Å².